The van der Waals surface area contributed by atoms with E-state index in [0.717, 1.165) is 47.5 Å². The van der Waals surface area contributed by atoms with Crippen LogP contribution in [0.3, 0.4) is 0 Å². The molecule has 0 spiro atoms. The van der Waals surface area contributed by atoms with E-state index >= 15 is 0 Å². The topological polar surface area (TPSA) is 61.4 Å². The molecular formula is C25H29Cl2N3O2S. The molecule has 3 aromatic rings. The van der Waals surface area contributed by atoms with Crippen LogP contribution in [0.25, 0.3) is 11.1 Å². The molecule has 0 saturated carbocycles. The summed E-state index contributed by atoms with van der Waals surface area (Å²) in [5.41, 5.74) is 5.54. The fourth-order valence-electron chi connectivity index (χ4n) is 3.92. The minimum Gasteiger partial charge on any atom is -0.384 e. The molecule has 0 aromatic heterocycles. The molecule has 0 radical (unpaired) electrons. The third-order valence-electron chi connectivity index (χ3n) is 5.84. The quantitative estimate of drug-likeness (QED) is 0.427. The number of fused-ring (bicyclic) bond motifs is 1. The van der Waals surface area contributed by atoms with Gasteiger partial charge in [-0.05, 0) is 71.8 Å². The molecule has 0 fully saturated rings. The lowest BCUT2D eigenvalue weighted by atomic mass is 10.0. The van der Waals surface area contributed by atoms with E-state index < -0.39 is 10.0 Å². The molecule has 1 aliphatic heterocycles. The van der Waals surface area contributed by atoms with Gasteiger partial charge in [0.1, 0.15) is 0 Å². The molecule has 4 rings (SSSR count). The van der Waals surface area contributed by atoms with E-state index in [1.807, 2.05) is 67.5 Å². The van der Waals surface area contributed by atoms with Crippen LogP contribution in [0.2, 0.25) is 5.02 Å². The summed E-state index contributed by atoms with van der Waals surface area (Å²) in [6.45, 7) is 3.15. The Hall–Kier alpha value is -2.41. The van der Waals surface area contributed by atoms with Crippen molar-refractivity contribution < 1.29 is 8.42 Å². The van der Waals surface area contributed by atoms with Crippen LogP contribution in [0.1, 0.15) is 18.9 Å². The first-order chi connectivity index (χ1) is 15.2. The van der Waals surface area contributed by atoms with Crippen molar-refractivity contribution in [3.63, 3.8) is 0 Å². The van der Waals surface area contributed by atoms with Crippen LogP contribution in [0.15, 0.2) is 65.6 Å². The van der Waals surface area contributed by atoms with E-state index in [0.29, 0.717) is 16.6 Å². The van der Waals surface area contributed by atoms with Crippen molar-refractivity contribution >= 4 is 51.1 Å². The van der Waals surface area contributed by atoms with Gasteiger partial charge < -0.3 is 10.2 Å². The third-order valence-corrected chi connectivity index (χ3v) is 7.47. The van der Waals surface area contributed by atoms with E-state index in [1.165, 1.54) is 0 Å². The van der Waals surface area contributed by atoms with Crippen molar-refractivity contribution in [2.24, 2.45) is 5.92 Å². The zero-order valence-corrected chi connectivity index (χ0v) is 21.3. The molecule has 2 N–H and O–H groups in total. The Kier molecular flexibility index (Phi) is 7.83. The number of anilines is 3. The number of sulfonamides is 1. The van der Waals surface area contributed by atoms with Crippen molar-refractivity contribution in [1.29, 1.82) is 0 Å². The molecule has 3 aromatic carbocycles. The highest BCUT2D eigenvalue weighted by Crippen LogP contribution is 2.35. The summed E-state index contributed by atoms with van der Waals surface area (Å²) in [6, 6.07) is 18.4. The number of halogens is 2. The molecule has 5 nitrogen and oxygen atoms in total. The molecule has 1 aliphatic rings. The summed E-state index contributed by atoms with van der Waals surface area (Å²) in [6.07, 6.45) is 1.99. The summed E-state index contributed by atoms with van der Waals surface area (Å²) in [7, 11) is 0.0932. The van der Waals surface area contributed by atoms with Gasteiger partial charge in [-0.25, -0.2) is 8.42 Å². The molecule has 0 aliphatic carbocycles. The fraction of sp³-hybridized carbons (Fsp3) is 0.280. The SMILES string of the molecule is CC1CCc2cc(NS(=O)(=O)c3ccc(-c4ccc(Cl)cc4)cc3)c(N(C)C)cc2NC1.Cl. The van der Waals surface area contributed by atoms with Gasteiger partial charge in [0, 0.05) is 31.4 Å². The van der Waals surface area contributed by atoms with Crippen LogP contribution in [-0.4, -0.2) is 29.1 Å². The van der Waals surface area contributed by atoms with Crippen LogP contribution in [0.4, 0.5) is 17.1 Å². The van der Waals surface area contributed by atoms with Crippen molar-refractivity contribution in [2.45, 2.75) is 24.7 Å². The van der Waals surface area contributed by atoms with Gasteiger partial charge in [0.2, 0.25) is 0 Å². The maximum atomic E-state index is 13.2. The van der Waals surface area contributed by atoms with Gasteiger partial charge in [0.05, 0.1) is 16.3 Å². The van der Waals surface area contributed by atoms with Crippen molar-refractivity contribution in [3.8, 4) is 11.1 Å². The highest BCUT2D eigenvalue weighted by molar-refractivity contribution is 7.92. The molecular weight excluding hydrogens is 477 g/mol. The van der Waals surface area contributed by atoms with Crippen molar-refractivity contribution in [3.05, 3.63) is 71.2 Å². The average Bonchev–Trinajstić information content (AvgIpc) is 2.94. The molecule has 0 bridgehead atoms. The average molecular weight is 506 g/mol. The summed E-state index contributed by atoms with van der Waals surface area (Å²) < 4.78 is 29.2. The van der Waals surface area contributed by atoms with E-state index in [9.17, 15) is 8.42 Å². The zero-order valence-electron chi connectivity index (χ0n) is 18.9. The fourth-order valence-corrected chi connectivity index (χ4v) is 5.11. The van der Waals surface area contributed by atoms with Gasteiger partial charge in [-0.3, -0.25) is 4.72 Å². The standard InChI is InChI=1S/C25H28ClN3O2S.ClH/c1-17-4-5-20-14-24(25(29(2)3)15-23(20)27-16-17)28-32(30,31)22-12-8-19(9-13-22)18-6-10-21(26)11-7-18;/h6-15,17,27-28H,4-5,16H2,1-3H3;1H. The van der Waals surface area contributed by atoms with Gasteiger partial charge >= 0.3 is 0 Å². The Bertz CT molecular complexity index is 1210. The predicted molar refractivity (Wildman–Crippen MR) is 142 cm³/mol. The lowest BCUT2D eigenvalue weighted by molar-refractivity contribution is 0.571. The van der Waals surface area contributed by atoms with Crippen LogP contribution >= 0.6 is 24.0 Å². The smallest absolute Gasteiger partial charge is 0.261 e. The monoisotopic (exact) mass is 505 g/mol. The number of nitrogens with one attached hydrogen (secondary N) is 2. The van der Waals surface area contributed by atoms with E-state index in [4.69, 9.17) is 11.6 Å². The maximum absolute atomic E-state index is 13.2. The lowest BCUT2D eigenvalue weighted by Gasteiger charge is -2.22. The molecule has 0 saturated heterocycles. The molecule has 1 atom stereocenters. The Morgan fingerprint density at radius 1 is 1.00 bits per heavy atom. The molecule has 176 valence electrons. The van der Waals surface area contributed by atoms with Crippen LogP contribution < -0.4 is 14.9 Å². The van der Waals surface area contributed by atoms with Gasteiger partial charge in [0.25, 0.3) is 10.0 Å². The second-order valence-corrected chi connectivity index (χ2v) is 10.7. The summed E-state index contributed by atoms with van der Waals surface area (Å²) in [4.78, 5) is 2.15. The zero-order chi connectivity index (χ0) is 22.9. The number of hydrogen-bond donors (Lipinski definition) is 2. The first-order valence-electron chi connectivity index (χ1n) is 10.7. The second-order valence-electron chi connectivity index (χ2n) is 8.58. The van der Waals surface area contributed by atoms with E-state index in [1.54, 1.807) is 12.1 Å². The largest absolute Gasteiger partial charge is 0.384 e. The molecule has 0 amide bonds. The second kappa shape index (κ2) is 10.2. The summed E-state index contributed by atoms with van der Waals surface area (Å²) in [5.74, 6) is 0.574. The van der Waals surface area contributed by atoms with Crippen molar-refractivity contribution in [1.82, 2.24) is 0 Å². The number of nitrogens with zero attached hydrogens (tertiary/aromatic N) is 1. The van der Waals surface area contributed by atoms with E-state index in [2.05, 4.69) is 17.0 Å². The summed E-state index contributed by atoms with van der Waals surface area (Å²) >= 11 is 5.96. The van der Waals surface area contributed by atoms with Gasteiger partial charge in [-0.2, -0.15) is 0 Å². The Morgan fingerprint density at radius 2 is 1.61 bits per heavy atom. The van der Waals surface area contributed by atoms with Gasteiger partial charge in [-0.15, -0.1) is 12.4 Å². The maximum Gasteiger partial charge on any atom is 0.261 e. The number of rotatable bonds is 5. The minimum atomic E-state index is -3.74. The normalized spacial score (nSPS) is 15.5. The Balaban J connectivity index is 0.00000306. The molecule has 33 heavy (non-hydrogen) atoms. The molecule has 1 unspecified atom stereocenters. The number of hydrogen-bond acceptors (Lipinski definition) is 4. The third kappa shape index (κ3) is 5.75. The molecule has 1 heterocycles. The first-order valence-corrected chi connectivity index (χ1v) is 12.6. The Morgan fingerprint density at radius 3 is 2.21 bits per heavy atom. The van der Waals surface area contributed by atoms with E-state index in [-0.39, 0.29) is 17.3 Å². The predicted octanol–water partition coefficient (Wildman–Crippen LogP) is 6.29. The van der Waals surface area contributed by atoms with Gasteiger partial charge in [-0.1, -0.05) is 42.8 Å². The van der Waals surface area contributed by atoms with Crippen LogP contribution in [-0.2, 0) is 16.4 Å². The van der Waals surface area contributed by atoms with Crippen LogP contribution in [0, 0.1) is 5.92 Å². The van der Waals surface area contributed by atoms with Crippen LogP contribution in [0.5, 0.6) is 0 Å². The first kappa shape index (κ1) is 25.2. The summed E-state index contributed by atoms with van der Waals surface area (Å²) in [5, 5.41) is 4.17. The molecule has 8 heteroatoms. The highest BCUT2D eigenvalue weighted by Gasteiger charge is 2.21. The highest BCUT2D eigenvalue weighted by atomic mass is 35.5. The van der Waals surface area contributed by atoms with Gasteiger partial charge in [0.15, 0.2) is 0 Å². The van der Waals surface area contributed by atoms with Crippen molar-refractivity contribution in [2.75, 3.05) is 35.6 Å². The number of benzene rings is 3. The lowest BCUT2D eigenvalue weighted by Crippen LogP contribution is -2.18. The Labute approximate surface area is 207 Å². The number of aryl methyl sites for hydroxylation is 1. The minimum absolute atomic E-state index is 0.